The summed E-state index contributed by atoms with van der Waals surface area (Å²) in [6.07, 6.45) is 1.53. The summed E-state index contributed by atoms with van der Waals surface area (Å²) in [5.74, 6) is 0.186. The quantitative estimate of drug-likeness (QED) is 0.0772. The second-order valence-corrected chi connectivity index (χ2v) is 11.5. The molecule has 0 aliphatic carbocycles. The molecule has 218 valence electrons. The lowest BCUT2D eigenvalue weighted by molar-refractivity contribution is -0.139. The van der Waals surface area contributed by atoms with Crippen LogP contribution < -0.4 is 25.5 Å². The van der Waals surface area contributed by atoms with Gasteiger partial charge in [0.15, 0.2) is 11.7 Å². The van der Waals surface area contributed by atoms with Crippen molar-refractivity contribution in [2.45, 2.75) is 26.5 Å². The molecule has 3 aromatic rings. The minimum absolute atomic E-state index is 0.230. The first-order valence-corrected chi connectivity index (χ1v) is 15.2. The minimum Gasteiger partial charge on any atom is -0.488 e. The van der Waals surface area contributed by atoms with Gasteiger partial charge in [-0.15, -0.1) is 0 Å². The summed E-state index contributed by atoms with van der Waals surface area (Å²) in [6, 6.07) is 20.1. The van der Waals surface area contributed by atoms with Gasteiger partial charge in [-0.05, 0) is 112 Å². The number of hydrogen-bond donors (Lipinski definition) is 3. The van der Waals surface area contributed by atoms with E-state index in [-0.39, 0.29) is 13.2 Å². The maximum atomic E-state index is 12.7. The lowest BCUT2D eigenvalue weighted by Gasteiger charge is -2.30. The number of carbonyl (C=O) groups is 2. The average molecular weight is 763 g/mol. The second-order valence-electron chi connectivity index (χ2n) is 9.02. The fraction of sp³-hybridized carbons (Fsp3) is 0.200. The number of thiocarbonyl (C=S) groups is 1. The van der Waals surface area contributed by atoms with E-state index in [9.17, 15) is 9.59 Å². The lowest BCUT2D eigenvalue weighted by atomic mass is 9.95. The highest BCUT2D eigenvalue weighted by atomic mass is 127. The Kier molecular flexibility index (Phi) is 11.3. The molecule has 1 aliphatic rings. The number of rotatable bonds is 11. The molecular formula is C30H28BrIN4O5S. The Bertz CT molecular complexity index is 1530. The number of allylic oxidation sites excluding steroid dienone is 1. The Labute approximate surface area is 271 Å². The molecule has 1 atom stereocenters. The number of carbonyl (C=O) groups excluding carboxylic acids is 2. The normalized spacial score (nSPS) is 14.7. The van der Waals surface area contributed by atoms with Gasteiger partial charge in [-0.3, -0.25) is 4.79 Å². The van der Waals surface area contributed by atoms with Crippen molar-refractivity contribution < 1.29 is 23.8 Å². The Morgan fingerprint density at radius 2 is 1.86 bits per heavy atom. The standard InChI is InChI=1S/C30H28BrIN4O5S/c1-3-39-29(38)27-18(2)34-30(42)35-28(27)22-6-4-5-7-24(22)41-17-26(37)36-33-15-20-10-13-25(23(31)14-20)40-16-19-8-11-21(32)12-9-19/h4-15,28H,3,16-17H2,1-2H3,(H,36,37)(H2,34,35,42)/t28-/m0/s1. The molecule has 0 aromatic heterocycles. The van der Waals surface area contributed by atoms with Crippen molar-refractivity contribution in [2.24, 2.45) is 5.10 Å². The Morgan fingerprint density at radius 1 is 1.10 bits per heavy atom. The van der Waals surface area contributed by atoms with Gasteiger partial charge in [0.25, 0.3) is 5.91 Å². The Morgan fingerprint density at radius 3 is 2.60 bits per heavy atom. The maximum Gasteiger partial charge on any atom is 0.338 e. The van der Waals surface area contributed by atoms with Crippen molar-refractivity contribution in [3.8, 4) is 11.5 Å². The van der Waals surface area contributed by atoms with Crippen LogP contribution in [0.4, 0.5) is 0 Å². The fourth-order valence-electron chi connectivity index (χ4n) is 4.07. The van der Waals surface area contributed by atoms with Crippen molar-refractivity contribution in [3.63, 3.8) is 0 Å². The first-order chi connectivity index (χ1) is 20.2. The minimum atomic E-state index is -0.614. The number of nitrogens with one attached hydrogen (secondary N) is 3. The fourth-order valence-corrected chi connectivity index (χ4v) is 5.21. The number of hydrazone groups is 1. The highest BCUT2D eigenvalue weighted by molar-refractivity contribution is 14.1. The molecule has 1 heterocycles. The van der Waals surface area contributed by atoms with Crippen LogP contribution in [0.5, 0.6) is 11.5 Å². The molecule has 3 N–H and O–H groups in total. The molecule has 0 saturated carbocycles. The number of esters is 1. The summed E-state index contributed by atoms with van der Waals surface area (Å²) in [5.41, 5.74) is 5.90. The number of nitrogens with zero attached hydrogens (tertiary/aromatic N) is 1. The third-order valence-electron chi connectivity index (χ3n) is 6.02. The Hall–Kier alpha value is -3.49. The molecule has 3 aromatic carbocycles. The van der Waals surface area contributed by atoms with E-state index in [1.54, 1.807) is 32.0 Å². The predicted molar refractivity (Wildman–Crippen MR) is 176 cm³/mol. The van der Waals surface area contributed by atoms with Gasteiger partial charge < -0.3 is 24.8 Å². The first-order valence-electron chi connectivity index (χ1n) is 12.9. The number of hydrogen-bond acceptors (Lipinski definition) is 7. The lowest BCUT2D eigenvalue weighted by Crippen LogP contribution is -2.45. The van der Waals surface area contributed by atoms with E-state index < -0.39 is 17.9 Å². The molecule has 1 aliphatic heterocycles. The van der Waals surface area contributed by atoms with Gasteiger partial charge in [-0.1, -0.05) is 30.3 Å². The van der Waals surface area contributed by atoms with Crippen molar-refractivity contribution in [2.75, 3.05) is 13.2 Å². The Balaban J connectivity index is 1.34. The van der Waals surface area contributed by atoms with Crippen molar-refractivity contribution >= 4 is 73.9 Å². The van der Waals surface area contributed by atoms with Crippen LogP contribution >= 0.6 is 50.7 Å². The SMILES string of the molecule is CCOC(=O)C1=C(C)NC(=S)N[C@H]1c1ccccc1OCC(=O)NN=Cc1ccc(OCc2ccc(I)cc2)c(Br)c1. The van der Waals surface area contributed by atoms with Gasteiger partial charge in [0.1, 0.15) is 18.1 Å². The van der Waals surface area contributed by atoms with E-state index in [1.807, 2.05) is 48.5 Å². The molecule has 0 fully saturated rings. The van der Waals surface area contributed by atoms with E-state index in [4.69, 9.17) is 26.4 Å². The van der Waals surface area contributed by atoms with E-state index in [0.29, 0.717) is 40.1 Å². The summed E-state index contributed by atoms with van der Waals surface area (Å²) in [7, 11) is 0. The topological polar surface area (TPSA) is 110 Å². The highest BCUT2D eigenvalue weighted by Crippen LogP contribution is 2.33. The third-order valence-corrected chi connectivity index (χ3v) is 7.58. The van der Waals surface area contributed by atoms with Crippen molar-refractivity contribution in [1.29, 1.82) is 0 Å². The smallest absolute Gasteiger partial charge is 0.338 e. The second kappa shape index (κ2) is 15.1. The summed E-state index contributed by atoms with van der Waals surface area (Å²) >= 11 is 11.1. The molecular weight excluding hydrogens is 735 g/mol. The molecule has 1 amide bonds. The average Bonchev–Trinajstić information content (AvgIpc) is 2.96. The molecule has 0 radical (unpaired) electrons. The largest absolute Gasteiger partial charge is 0.488 e. The van der Waals surface area contributed by atoms with Gasteiger partial charge in [-0.2, -0.15) is 5.10 Å². The molecule has 42 heavy (non-hydrogen) atoms. The zero-order chi connectivity index (χ0) is 30.1. The van der Waals surface area contributed by atoms with E-state index in [0.717, 1.165) is 15.6 Å². The van der Waals surface area contributed by atoms with Gasteiger partial charge in [0, 0.05) is 14.8 Å². The van der Waals surface area contributed by atoms with Crippen LogP contribution in [-0.4, -0.2) is 36.4 Å². The number of benzene rings is 3. The molecule has 0 saturated heterocycles. The first kappa shape index (κ1) is 31.4. The van der Waals surface area contributed by atoms with Crippen LogP contribution in [0.25, 0.3) is 0 Å². The predicted octanol–water partition coefficient (Wildman–Crippen LogP) is 5.52. The number of halogens is 2. The van der Waals surface area contributed by atoms with Crippen LogP contribution in [0.3, 0.4) is 0 Å². The van der Waals surface area contributed by atoms with Crippen LogP contribution in [0.15, 0.2) is 87.6 Å². The van der Waals surface area contributed by atoms with Crippen LogP contribution in [0, 0.1) is 3.57 Å². The van der Waals surface area contributed by atoms with Gasteiger partial charge >= 0.3 is 5.97 Å². The number of para-hydroxylation sites is 1. The summed E-state index contributed by atoms with van der Waals surface area (Å²) in [4.78, 5) is 25.2. The maximum absolute atomic E-state index is 12.7. The van der Waals surface area contributed by atoms with E-state index >= 15 is 0 Å². The molecule has 9 nitrogen and oxygen atoms in total. The highest BCUT2D eigenvalue weighted by Gasteiger charge is 2.32. The molecule has 4 rings (SSSR count). The molecule has 0 bridgehead atoms. The molecule has 0 unspecified atom stereocenters. The number of ether oxygens (including phenoxy) is 3. The number of amides is 1. The monoisotopic (exact) mass is 762 g/mol. The van der Waals surface area contributed by atoms with Gasteiger partial charge in [0.2, 0.25) is 0 Å². The van der Waals surface area contributed by atoms with Crippen LogP contribution in [0.1, 0.15) is 36.6 Å². The van der Waals surface area contributed by atoms with Gasteiger partial charge in [0.05, 0.1) is 28.9 Å². The zero-order valence-corrected chi connectivity index (χ0v) is 27.3. The van der Waals surface area contributed by atoms with Crippen molar-refractivity contribution in [3.05, 3.63) is 103 Å². The molecule has 12 heteroatoms. The third kappa shape index (κ3) is 8.52. The summed E-state index contributed by atoms with van der Waals surface area (Å²) in [6.45, 7) is 3.88. The van der Waals surface area contributed by atoms with E-state index in [1.165, 1.54) is 9.78 Å². The molecule has 0 spiro atoms. The van der Waals surface area contributed by atoms with Crippen molar-refractivity contribution in [1.82, 2.24) is 16.1 Å². The van der Waals surface area contributed by atoms with Gasteiger partial charge in [-0.25, -0.2) is 10.2 Å². The summed E-state index contributed by atoms with van der Waals surface area (Å²) < 4.78 is 18.9. The summed E-state index contributed by atoms with van der Waals surface area (Å²) in [5, 5.41) is 10.5. The van der Waals surface area contributed by atoms with Crippen LogP contribution in [-0.2, 0) is 20.9 Å². The van der Waals surface area contributed by atoms with E-state index in [2.05, 4.69) is 59.7 Å². The zero-order valence-electron chi connectivity index (χ0n) is 22.8. The van der Waals surface area contributed by atoms with Crippen LogP contribution in [0.2, 0.25) is 0 Å².